The Morgan fingerprint density at radius 1 is 1.00 bits per heavy atom. The number of nitrogens with one attached hydrogen (secondary N) is 1. The molecule has 0 spiro atoms. The second-order valence-corrected chi connectivity index (χ2v) is 6.21. The Kier molecular flexibility index (Phi) is 4.32. The van der Waals surface area contributed by atoms with Crippen molar-refractivity contribution < 1.29 is 13.9 Å². The molecule has 0 saturated carbocycles. The topological polar surface area (TPSA) is 51.5 Å². The van der Waals surface area contributed by atoms with Gasteiger partial charge in [0.25, 0.3) is 0 Å². The summed E-state index contributed by atoms with van der Waals surface area (Å²) < 4.78 is 10.7. The molecule has 0 saturated heterocycles. The molecule has 0 atom stereocenters. The zero-order valence-corrected chi connectivity index (χ0v) is 14.5. The largest absolute Gasteiger partial charge is 0.497 e. The summed E-state index contributed by atoms with van der Waals surface area (Å²) in [5.41, 5.74) is 2.71. The minimum Gasteiger partial charge on any atom is -0.497 e. The molecule has 4 rings (SSSR count). The van der Waals surface area contributed by atoms with Crippen LogP contribution >= 0.6 is 0 Å². The van der Waals surface area contributed by atoms with Crippen molar-refractivity contribution in [1.29, 1.82) is 0 Å². The third kappa shape index (κ3) is 3.14. The number of carbonyl (C=O) groups excluding carboxylic acids is 1. The lowest BCUT2D eigenvalue weighted by molar-refractivity contribution is -0.120. The summed E-state index contributed by atoms with van der Waals surface area (Å²) in [6.07, 6.45) is 1.92. The van der Waals surface area contributed by atoms with E-state index in [1.54, 1.807) is 13.4 Å². The summed E-state index contributed by atoms with van der Waals surface area (Å²) in [7, 11) is 1.62. The molecule has 0 fully saturated rings. The van der Waals surface area contributed by atoms with Gasteiger partial charge in [-0.15, -0.1) is 0 Å². The number of ether oxygens (including phenoxy) is 1. The molecule has 0 aliphatic carbocycles. The summed E-state index contributed by atoms with van der Waals surface area (Å²) in [4.78, 5) is 12.4. The molecule has 1 aromatic heterocycles. The van der Waals surface area contributed by atoms with Crippen molar-refractivity contribution >= 4 is 27.6 Å². The highest BCUT2D eigenvalue weighted by molar-refractivity contribution is 5.89. The van der Waals surface area contributed by atoms with Crippen LogP contribution in [0.1, 0.15) is 11.1 Å². The first-order chi connectivity index (χ1) is 12.7. The van der Waals surface area contributed by atoms with Crippen LogP contribution in [-0.4, -0.2) is 13.0 Å². The number of hydrogen-bond acceptors (Lipinski definition) is 3. The van der Waals surface area contributed by atoms with Gasteiger partial charge in [0.15, 0.2) is 0 Å². The predicted octanol–water partition coefficient (Wildman–Crippen LogP) is 4.45. The number of furan rings is 1. The van der Waals surface area contributed by atoms with Crippen molar-refractivity contribution in [3.8, 4) is 5.75 Å². The number of hydrogen-bond donors (Lipinski definition) is 1. The van der Waals surface area contributed by atoms with Crippen LogP contribution in [0.3, 0.4) is 0 Å². The van der Waals surface area contributed by atoms with Crippen LogP contribution in [0, 0.1) is 0 Å². The van der Waals surface area contributed by atoms with Gasteiger partial charge in [-0.3, -0.25) is 4.79 Å². The lowest BCUT2D eigenvalue weighted by Gasteiger charge is -2.08. The molecule has 4 nitrogen and oxygen atoms in total. The minimum atomic E-state index is -0.0311. The normalized spacial score (nSPS) is 11.0. The highest BCUT2D eigenvalue weighted by Gasteiger charge is 2.11. The Morgan fingerprint density at radius 3 is 2.73 bits per heavy atom. The Hall–Kier alpha value is -3.27. The lowest BCUT2D eigenvalue weighted by Crippen LogP contribution is -2.24. The fourth-order valence-corrected chi connectivity index (χ4v) is 3.20. The molecule has 0 radical (unpaired) electrons. The SMILES string of the molecule is COc1ccc2c(CC(=O)NCc3cccc4ccccc34)coc2c1. The maximum Gasteiger partial charge on any atom is 0.224 e. The summed E-state index contributed by atoms with van der Waals surface area (Å²) in [6, 6.07) is 19.9. The van der Waals surface area contributed by atoms with E-state index in [-0.39, 0.29) is 12.3 Å². The van der Waals surface area contributed by atoms with Crippen LogP contribution < -0.4 is 10.1 Å². The maximum atomic E-state index is 12.4. The Morgan fingerprint density at radius 2 is 1.85 bits per heavy atom. The third-order valence-electron chi connectivity index (χ3n) is 4.57. The van der Waals surface area contributed by atoms with E-state index in [0.29, 0.717) is 6.54 Å². The number of benzene rings is 3. The van der Waals surface area contributed by atoms with Gasteiger partial charge in [-0.2, -0.15) is 0 Å². The zero-order valence-electron chi connectivity index (χ0n) is 14.5. The van der Waals surface area contributed by atoms with E-state index in [2.05, 4.69) is 23.5 Å². The van der Waals surface area contributed by atoms with Gasteiger partial charge in [0.2, 0.25) is 5.91 Å². The smallest absolute Gasteiger partial charge is 0.224 e. The number of amides is 1. The first-order valence-electron chi connectivity index (χ1n) is 8.52. The fourth-order valence-electron chi connectivity index (χ4n) is 3.20. The fraction of sp³-hybridized carbons (Fsp3) is 0.136. The Balaban J connectivity index is 1.47. The van der Waals surface area contributed by atoms with Crippen LogP contribution in [0.5, 0.6) is 5.75 Å². The van der Waals surface area contributed by atoms with Gasteiger partial charge in [0.1, 0.15) is 11.3 Å². The van der Waals surface area contributed by atoms with E-state index < -0.39 is 0 Å². The van der Waals surface area contributed by atoms with Gasteiger partial charge >= 0.3 is 0 Å². The Bertz CT molecular complexity index is 1080. The molecule has 0 aliphatic heterocycles. The lowest BCUT2D eigenvalue weighted by atomic mass is 10.0. The molecule has 4 heteroatoms. The number of methoxy groups -OCH3 is 1. The summed E-state index contributed by atoms with van der Waals surface area (Å²) >= 11 is 0. The van der Waals surface area contributed by atoms with Crippen LogP contribution in [0.4, 0.5) is 0 Å². The van der Waals surface area contributed by atoms with Crippen molar-refractivity contribution in [2.24, 2.45) is 0 Å². The second-order valence-electron chi connectivity index (χ2n) is 6.21. The van der Waals surface area contributed by atoms with Crippen molar-refractivity contribution in [2.45, 2.75) is 13.0 Å². The van der Waals surface area contributed by atoms with Crippen LogP contribution in [0.15, 0.2) is 71.3 Å². The van der Waals surface area contributed by atoms with Gasteiger partial charge in [-0.25, -0.2) is 0 Å². The molecular weight excluding hydrogens is 326 g/mol. The maximum absolute atomic E-state index is 12.4. The van der Waals surface area contributed by atoms with E-state index in [1.807, 2.05) is 42.5 Å². The minimum absolute atomic E-state index is 0.0311. The average Bonchev–Trinajstić information content (AvgIpc) is 3.08. The molecule has 1 amide bonds. The van der Waals surface area contributed by atoms with Crippen molar-refractivity contribution in [2.75, 3.05) is 7.11 Å². The van der Waals surface area contributed by atoms with Crippen molar-refractivity contribution in [3.05, 3.63) is 78.1 Å². The van der Waals surface area contributed by atoms with Crippen LogP contribution in [0.2, 0.25) is 0 Å². The third-order valence-corrected chi connectivity index (χ3v) is 4.57. The van der Waals surface area contributed by atoms with Crippen molar-refractivity contribution in [1.82, 2.24) is 5.32 Å². The number of rotatable bonds is 5. The highest BCUT2D eigenvalue weighted by atomic mass is 16.5. The first kappa shape index (κ1) is 16.2. The highest BCUT2D eigenvalue weighted by Crippen LogP contribution is 2.26. The van der Waals surface area contributed by atoms with E-state index in [1.165, 1.54) is 5.39 Å². The van der Waals surface area contributed by atoms with E-state index in [0.717, 1.165) is 33.2 Å². The quantitative estimate of drug-likeness (QED) is 0.581. The average molecular weight is 345 g/mol. The molecule has 0 unspecified atom stereocenters. The molecule has 0 aliphatic rings. The molecule has 0 bridgehead atoms. The molecule has 1 heterocycles. The van der Waals surface area contributed by atoms with Crippen LogP contribution in [0.25, 0.3) is 21.7 Å². The van der Waals surface area contributed by atoms with Gasteiger partial charge in [-0.05, 0) is 28.5 Å². The van der Waals surface area contributed by atoms with Gasteiger partial charge in [-0.1, -0.05) is 42.5 Å². The molecule has 130 valence electrons. The first-order valence-corrected chi connectivity index (χ1v) is 8.52. The van der Waals surface area contributed by atoms with Gasteiger partial charge in [0, 0.05) is 23.6 Å². The Labute approximate surface area is 151 Å². The molecule has 3 aromatic carbocycles. The molecule has 4 aromatic rings. The monoisotopic (exact) mass is 345 g/mol. The molecule has 26 heavy (non-hydrogen) atoms. The predicted molar refractivity (Wildman–Crippen MR) is 102 cm³/mol. The molecule has 1 N–H and O–H groups in total. The van der Waals surface area contributed by atoms with E-state index in [9.17, 15) is 4.79 Å². The number of carbonyl (C=O) groups is 1. The second kappa shape index (κ2) is 6.92. The van der Waals surface area contributed by atoms with Gasteiger partial charge < -0.3 is 14.5 Å². The van der Waals surface area contributed by atoms with Crippen molar-refractivity contribution in [3.63, 3.8) is 0 Å². The molecular formula is C22H19NO3. The summed E-state index contributed by atoms with van der Waals surface area (Å²) in [5.74, 6) is 0.704. The summed E-state index contributed by atoms with van der Waals surface area (Å²) in [6.45, 7) is 0.504. The van der Waals surface area contributed by atoms with Crippen LogP contribution in [-0.2, 0) is 17.8 Å². The van der Waals surface area contributed by atoms with E-state index >= 15 is 0 Å². The zero-order chi connectivity index (χ0) is 17.9. The standard InChI is InChI=1S/C22H19NO3/c1-25-18-9-10-20-17(14-26-21(20)12-18)11-22(24)23-13-16-7-4-6-15-5-2-3-8-19(15)16/h2-10,12,14H,11,13H2,1H3,(H,23,24). The summed E-state index contributed by atoms with van der Waals surface area (Å²) in [5, 5.41) is 6.29. The van der Waals surface area contributed by atoms with Gasteiger partial charge in [0.05, 0.1) is 19.8 Å². The number of fused-ring (bicyclic) bond motifs is 2. The van der Waals surface area contributed by atoms with E-state index in [4.69, 9.17) is 9.15 Å².